The fourth-order valence-electron chi connectivity index (χ4n) is 0. The Labute approximate surface area is 67.2 Å². The summed E-state index contributed by atoms with van der Waals surface area (Å²) in [5.74, 6) is 0. The van der Waals surface area contributed by atoms with Gasteiger partial charge >= 0.3 is 26.9 Å². The van der Waals surface area contributed by atoms with Gasteiger partial charge in [0.1, 0.15) is 0 Å². The summed E-state index contributed by atoms with van der Waals surface area (Å²) in [6, 6.07) is 0. The van der Waals surface area contributed by atoms with Crippen LogP contribution in [-0.4, -0.2) is 0 Å². The largest absolute Gasteiger partial charge is 4.00 e. The van der Waals surface area contributed by atoms with Crippen molar-refractivity contribution in [1.82, 2.24) is 0 Å². The summed E-state index contributed by atoms with van der Waals surface area (Å²) in [5.41, 5.74) is 0. The monoisotopic (exact) mass is 172 g/mol. The van der Waals surface area contributed by atoms with Crippen LogP contribution in [-0.2, 0) is 60.0 Å². The first kappa shape index (κ1) is 76.7. The van der Waals surface area contributed by atoms with Gasteiger partial charge in [-0.3, -0.25) is 0 Å². The Morgan fingerprint density at radius 2 is 0.600 bits per heavy atom. The van der Waals surface area contributed by atoms with Crippen molar-refractivity contribution in [2.75, 3.05) is 0 Å². The second-order valence-corrected chi connectivity index (χ2v) is 0. The van der Waals surface area contributed by atoms with Gasteiger partial charge in [-0.05, 0) is 0 Å². The molecule has 0 aromatic heterocycles. The molecule has 0 aliphatic carbocycles. The van der Waals surface area contributed by atoms with E-state index in [1.54, 1.807) is 0 Å². The Kier molecular flexibility index (Phi) is 679. The normalized spacial score (nSPS) is 0. The van der Waals surface area contributed by atoms with Crippen molar-refractivity contribution in [2.45, 2.75) is 0 Å². The molecule has 0 aromatic carbocycles. The first-order valence-electron chi connectivity index (χ1n) is 0. The van der Waals surface area contributed by atoms with Gasteiger partial charge in [-0.2, -0.15) is 0 Å². The fraction of sp³-hybridized carbons (Fsp3) is 0. The molecule has 0 saturated carbocycles. The standard InChI is InChI=1S/C.3S.Zn/q+4;3*-2;+2. The van der Waals surface area contributed by atoms with Crippen molar-refractivity contribution in [3.8, 4) is 0 Å². The van der Waals surface area contributed by atoms with E-state index >= 15 is 0 Å². The van der Waals surface area contributed by atoms with E-state index < -0.39 is 0 Å². The minimum absolute atomic E-state index is 0. The van der Waals surface area contributed by atoms with Crippen molar-refractivity contribution in [3.63, 3.8) is 0 Å². The van der Waals surface area contributed by atoms with Crippen molar-refractivity contribution in [3.05, 3.63) is 7.43 Å². The van der Waals surface area contributed by atoms with Gasteiger partial charge in [0, 0.05) is 0 Å². The van der Waals surface area contributed by atoms with E-state index in [0.717, 1.165) is 0 Å². The van der Waals surface area contributed by atoms with Crippen LogP contribution >= 0.6 is 0 Å². The molecule has 0 heterocycles. The van der Waals surface area contributed by atoms with Gasteiger partial charge in [-0.15, -0.1) is 0 Å². The molecule has 0 saturated heterocycles. The predicted octanol–water partition coefficient (Wildman–Crippen LogP) is 0.0716. The predicted molar refractivity (Wildman–Crippen MR) is 25.3 cm³/mol. The van der Waals surface area contributed by atoms with Crippen molar-refractivity contribution in [1.29, 1.82) is 0 Å². The van der Waals surface area contributed by atoms with E-state index in [1.165, 1.54) is 0 Å². The van der Waals surface area contributed by atoms with Gasteiger partial charge in [0.25, 0.3) is 0 Å². The third-order valence-corrected chi connectivity index (χ3v) is 0. The molecule has 0 bridgehead atoms. The van der Waals surface area contributed by atoms with Crippen molar-refractivity contribution < 1.29 is 19.5 Å². The zero-order valence-electron chi connectivity index (χ0n) is 2.43. The van der Waals surface area contributed by atoms with E-state index in [1.807, 2.05) is 0 Å². The second kappa shape index (κ2) is 44.3. The summed E-state index contributed by atoms with van der Waals surface area (Å²) in [6.07, 6.45) is 0. The van der Waals surface area contributed by atoms with Crippen molar-refractivity contribution in [2.24, 2.45) is 0 Å². The third kappa shape index (κ3) is 27.3. The Hall–Kier alpha value is 1.67. The van der Waals surface area contributed by atoms with Crippen LogP contribution in [0.1, 0.15) is 0 Å². The maximum absolute atomic E-state index is 0. The summed E-state index contributed by atoms with van der Waals surface area (Å²) < 4.78 is 0. The molecule has 0 aliphatic heterocycles. The van der Waals surface area contributed by atoms with E-state index in [0.29, 0.717) is 0 Å². The molecular weight excluding hydrogens is 174 g/mol. The van der Waals surface area contributed by atoms with Crippen LogP contribution in [0.5, 0.6) is 0 Å². The van der Waals surface area contributed by atoms with Gasteiger partial charge < -0.3 is 40.5 Å². The third-order valence-electron chi connectivity index (χ3n) is 0. The number of rotatable bonds is 0. The molecule has 0 unspecified atom stereocenters. The maximum atomic E-state index is 0. The van der Waals surface area contributed by atoms with E-state index in [-0.39, 0.29) is 67.4 Å². The molecule has 24 valence electrons. The Morgan fingerprint density at radius 3 is 0.600 bits per heavy atom. The van der Waals surface area contributed by atoms with E-state index in [2.05, 4.69) is 0 Å². The average Bonchev–Trinajstić information content (AvgIpc) is 0. The summed E-state index contributed by atoms with van der Waals surface area (Å²) >= 11 is 0. The van der Waals surface area contributed by atoms with Crippen LogP contribution in [0.4, 0.5) is 0 Å². The summed E-state index contributed by atoms with van der Waals surface area (Å²) in [6.45, 7) is 0. The van der Waals surface area contributed by atoms with Crippen LogP contribution in [0.3, 0.4) is 0 Å². The first-order chi connectivity index (χ1) is 0. The van der Waals surface area contributed by atoms with Crippen LogP contribution < -0.4 is 0 Å². The topological polar surface area (TPSA) is 0 Å². The Balaban J connectivity index is 0. The van der Waals surface area contributed by atoms with Crippen LogP contribution in [0.25, 0.3) is 0 Å². The zero-order valence-corrected chi connectivity index (χ0v) is 7.85. The number of hydrogen-bond acceptors (Lipinski definition) is 0. The smallest absolute Gasteiger partial charge is 2.00 e. The van der Waals surface area contributed by atoms with Crippen LogP contribution in [0, 0.1) is 7.43 Å². The molecular formula is CS3Zn. The molecule has 0 aromatic rings. The van der Waals surface area contributed by atoms with E-state index in [9.17, 15) is 0 Å². The van der Waals surface area contributed by atoms with Gasteiger partial charge in [-0.25, -0.2) is 0 Å². The van der Waals surface area contributed by atoms with E-state index in [4.69, 9.17) is 0 Å². The van der Waals surface area contributed by atoms with Gasteiger partial charge in [0.15, 0.2) is 0 Å². The van der Waals surface area contributed by atoms with Crippen LogP contribution in [0.15, 0.2) is 0 Å². The zero-order chi connectivity index (χ0) is 0. The summed E-state index contributed by atoms with van der Waals surface area (Å²) in [4.78, 5) is 0. The molecule has 0 aliphatic rings. The van der Waals surface area contributed by atoms with Gasteiger partial charge in [-0.1, -0.05) is 0 Å². The SMILES string of the molecule is [C+4].[S-2].[S-2].[S-2].[Zn+2]. The molecule has 0 nitrogen and oxygen atoms in total. The second-order valence-electron chi connectivity index (χ2n) is 0. The molecule has 0 amide bonds. The number of hydrogen-bond donors (Lipinski definition) is 0. The average molecular weight is 174 g/mol. The Morgan fingerprint density at radius 1 is 0.600 bits per heavy atom. The van der Waals surface area contributed by atoms with Crippen molar-refractivity contribution >= 4 is 40.5 Å². The summed E-state index contributed by atoms with van der Waals surface area (Å²) in [5, 5.41) is 0. The first-order valence-corrected chi connectivity index (χ1v) is 0. The Bertz CT molecular complexity index is 6.85. The molecule has 4 heteroatoms. The quantitative estimate of drug-likeness (QED) is 0.455. The fourth-order valence-corrected chi connectivity index (χ4v) is 0. The molecule has 0 N–H and O–H groups in total. The molecule has 5 heavy (non-hydrogen) atoms. The van der Waals surface area contributed by atoms with Gasteiger partial charge in [0.05, 0.1) is 0 Å². The minimum atomic E-state index is 0. The van der Waals surface area contributed by atoms with Crippen LogP contribution in [0.2, 0.25) is 0 Å². The molecule has 0 spiro atoms. The van der Waals surface area contributed by atoms with Gasteiger partial charge in [0.2, 0.25) is 0 Å². The molecule has 0 radical (unpaired) electrons. The molecule has 0 rings (SSSR count). The maximum Gasteiger partial charge on any atom is 4.00 e. The molecule has 0 fully saturated rings. The summed E-state index contributed by atoms with van der Waals surface area (Å²) in [7, 11) is 0. The molecule has 0 atom stereocenters. The minimum Gasteiger partial charge on any atom is -2.00 e.